The zero-order chi connectivity index (χ0) is 19.9. The van der Waals surface area contributed by atoms with Crippen LogP contribution in [0.2, 0.25) is 10.0 Å². The summed E-state index contributed by atoms with van der Waals surface area (Å²) >= 11 is 11.8. The monoisotopic (exact) mass is 436 g/mol. The van der Waals surface area contributed by atoms with Crippen LogP contribution in [0.1, 0.15) is 38.5 Å². The van der Waals surface area contributed by atoms with E-state index in [0.29, 0.717) is 36.4 Å². The molecule has 9 heteroatoms. The van der Waals surface area contributed by atoms with Crippen molar-refractivity contribution < 1.29 is 17.9 Å². The quantitative estimate of drug-likeness (QED) is 0.599. The van der Waals surface area contributed by atoms with Crippen LogP contribution < -0.4 is 9.62 Å². The highest BCUT2D eigenvalue weighted by atomic mass is 35.5. The third-order valence-electron chi connectivity index (χ3n) is 4.43. The molecule has 0 aromatic heterocycles. The maximum Gasteiger partial charge on any atom is 0.240 e. The number of sulfonamides is 1. The third-order valence-corrected chi connectivity index (χ3v) is 6.31. The Morgan fingerprint density at radius 3 is 2.56 bits per heavy atom. The summed E-state index contributed by atoms with van der Waals surface area (Å²) in [4.78, 5) is 12.2. The molecule has 1 amide bonds. The Bertz CT molecular complexity index is 737. The van der Waals surface area contributed by atoms with Crippen molar-refractivity contribution >= 4 is 44.8 Å². The molecule has 1 aliphatic carbocycles. The molecule has 27 heavy (non-hydrogen) atoms. The molecule has 0 spiro atoms. The zero-order valence-corrected chi connectivity index (χ0v) is 17.7. The van der Waals surface area contributed by atoms with Gasteiger partial charge in [-0.3, -0.25) is 9.10 Å². The fourth-order valence-corrected chi connectivity index (χ4v) is 4.15. The molecule has 0 atom stereocenters. The highest BCUT2D eigenvalue weighted by Crippen LogP contribution is 2.28. The molecule has 0 radical (unpaired) electrons. The first-order valence-corrected chi connectivity index (χ1v) is 11.7. The molecule has 1 aliphatic rings. The summed E-state index contributed by atoms with van der Waals surface area (Å²) in [6.07, 6.45) is 8.01. The summed E-state index contributed by atoms with van der Waals surface area (Å²) in [7, 11) is -3.65. The Morgan fingerprint density at radius 2 is 1.93 bits per heavy atom. The minimum Gasteiger partial charge on any atom is -0.378 e. The lowest BCUT2D eigenvalue weighted by molar-refractivity contribution is -0.119. The number of nitrogens with one attached hydrogen (secondary N) is 1. The Balaban J connectivity index is 1.80. The zero-order valence-electron chi connectivity index (χ0n) is 15.4. The van der Waals surface area contributed by atoms with Gasteiger partial charge in [-0.25, -0.2) is 8.42 Å². The first kappa shape index (κ1) is 22.3. The van der Waals surface area contributed by atoms with Crippen molar-refractivity contribution in [3.05, 3.63) is 28.2 Å². The molecule has 6 nitrogen and oxygen atoms in total. The molecular formula is C18H26Cl2N2O4S. The van der Waals surface area contributed by atoms with E-state index in [1.54, 1.807) is 0 Å². The van der Waals surface area contributed by atoms with Crippen molar-refractivity contribution in [3.8, 4) is 0 Å². The highest BCUT2D eigenvalue weighted by molar-refractivity contribution is 7.92. The van der Waals surface area contributed by atoms with Gasteiger partial charge in [-0.1, -0.05) is 42.5 Å². The summed E-state index contributed by atoms with van der Waals surface area (Å²) in [5, 5.41) is 3.28. The van der Waals surface area contributed by atoms with Gasteiger partial charge >= 0.3 is 0 Å². The molecule has 1 fully saturated rings. The van der Waals surface area contributed by atoms with Gasteiger partial charge in [-0.15, -0.1) is 0 Å². The molecule has 1 saturated carbocycles. The van der Waals surface area contributed by atoms with Gasteiger partial charge in [-0.05, 0) is 37.5 Å². The maximum absolute atomic E-state index is 12.2. The molecule has 1 aromatic rings. The average Bonchev–Trinajstić information content (AvgIpc) is 2.62. The lowest BCUT2D eigenvalue weighted by Gasteiger charge is -2.23. The summed E-state index contributed by atoms with van der Waals surface area (Å²) in [6, 6.07) is 4.44. The van der Waals surface area contributed by atoms with E-state index in [1.807, 2.05) is 0 Å². The number of ether oxygens (including phenoxy) is 1. The van der Waals surface area contributed by atoms with Crippen LogP contribution in [0.3, 0.4) is 0 Å². The predicted molar refractivity (Wildman–Crippen MR) is 109 cm³/mol. The number of benzene rings is 1. The van der Waals surface area contributed by atoms with Crippen LogP contribution in [0.5, 0.6) is 0 Å². The molecule has 0 saturated heterocycles. The predicted octanol–water partition coefficient (Wildman–Crippen LogP) is 3.62. The van der Waals surface area contributed by atoms with Crippen LogP contribution in [0.15, 0.2) is 18.2 Å². The van der Waals surface area contributed by atoms with Crippen LogP contribution in [0, 0.1) is 0 Å². The first-order valence-electron chi connectivity index (χ1n) is 9.08. The summed E-state index contributed by atoms with van der Waals surface area (Å²) < 4.78 is 30.9. The second-order valence-electron chi connectivity index (χ2n) is 6.70. The van der Waals surface area contributed by atoms with Gasteiger partial charge in [0.2, 0.25) is 15.9 Å². The van der Waals surface area contributed by atoms with Crippen molar-refractivity contribution in [2.75, 3.05) is 30.3 Å². The Labute approximate surface area is 171 Å². The van der Waals surface area contributed by atoms with Crippen molar-refractivity contribution in [3.63, 3.8) is 0 Å². The van der Waals surface area contributed by atoms with E-state index >= 15 is 0 Å². The van der Waals surface area contributed by atoms with Crippen LogP contribution in [-0.2, 0) is 19.6 Å². The first-order chi connectivity index (χ1) is 12.8. The van der Waals surface area contributed by atoms with Crippen LogP contribution in [-0.4, -0.2) is 46.4 Å². The second kappa shape index (κ2) is 10.5. The maximum atomic E-state index is 12.2. The van der Waals surface area contributed by atoms with E-state index in [1.165, 1.54) is 37.5 Å². The number of anilines is 1. The number of rotatable bonds is 9. The van der Waals surface area contributed by atoms with Crippen molar-refractivity contribution in [1.29, 1.82) is 0 Å². The third kappa shape index (κ3) is 7.49. The number of hydrogen-bond acceptors (Lipinski definition) is 4. The van der Waals surface area contributed by atoms with Crippen molar-refractivity contribution in [2.24, 2.45) is 0 Å². The Morgan fingerprint density at radius 1 is 1.22 bits per heavy atom. The smallest absolute Gasteiger partial charge is 0.240 e. The standard InChI is InChI=1S/C18H26Cl2N2O4S/c1-27(24,25)22(14-8-9-16(19)17(20)12-14)13-18(23)21-10-5-11-26-15-6-3-2-4-7-15/h8-9,12,15H,2-7,10-11,13H2,1H3,(H,21,23). The van der Waals surface area contributed by atoms with Crippen molar-refractivity contribution in [2.45, 2.75) is 44.6 Å². The fourth-order valence-electron chi connectivity index (χ4n) is 3.01. The van der Waals surface area contributed by atoms with E-state index in [-0.39, 0.29) is 17.5 Å². The molecule has 0 heterocycles. The lowest BCUT2D eigenvalue weighted by Crippen LogP contribution is -2.40. The van der Waals surface area contributed by atoms with Gasteiger partial charge in [0.1, 0.15) is 6.54 Å². The van der Waals surface area contributed by atoms with E-state index in [2.05, 4.69) is 5.32 Å². The molecule has 2 rings (SSSR count). The van der Waals surface area contributed by atoms with Gasteiger partial charge < -0.3 is 10.1 Å². The van der Waals surface area contributed by atoms with Gasteiger partial charge in [-0.2, -0.15) is 0 Å². The topological polar surface area (TPSA) is 75.7 Å². The number of nitrogens with zero attached hydrogens (tertiary/aromatic N) is 1. The van der Waals surface area contributed by atoms with Gasteiger partial charge in [0, 0.05) is 13.2 Å². The van der Waals surface area contributed by atoms with Crippen LogP contribution >= 0.6 is 23.2 Å². The molecular weight excluding hydrogens is 411 g/mol. The summed E-state index contributed by atoms with van der Waals surface area (Å²) in [5.41, 5.74) is 0.294. The summed E-state index contributed by atoms with van der Waals surface area (Å²) in [6.45, 7) is 0.707. The largest absolute Gasteiger partial charge is 0.378 e. The summed E-state index contributed by atoms with van der Waals surface area (Å²) in [5.74, 6) is -0.385. The molecule has 0 aliphatic heterocycles. The van der Waals surface area contributed by atoms with Gasteiger partial charge in [0.25, 0.3) is 0 Å². The number of carbonyl (C=O) groups is 1. The SMILES string of the molecule is CS(=O)(=O)N(CC(=O)NCCCOC1CCCCC1)c1ccc(Cl)c(Cl)c1. The number of halogens is 2. The molecule has 0 unspecified atom stereocenters. The van der Waals surface area contributed by atoms with Gasteiger partial charge in [0.05, 0.1) is 28.1 Å². The van der Waals surface area contributed by atoms with E-state index in [0.717, 1.165) is 23.4 Å². The van der Waals surface area contributed by atoms with Crippen LogP contribution in [0.25, 0.3) is 0 Å². The Hall–Kier alpha value is -1.02. The number of carbonyl (C=O) groups excluding carboxylic acids is 1. The van der Waals surface area contributed by atoms with E-state index in [4.69, 9.17) is 27.9 Å². The number of hydrogen-bond donors (Lipinski definition) is 1. The normalized spacial score (nSPS) is 15.5. The molecule has 1 N–H and O–H groups in total. The van der Waals surface area contributed by atoms with Gasteiger partial charge in [0.15, 0.2) is 0 Å². The average molecular weight is 437 g/mol. The molecule has 0 bridgehead atoms. The molecule has 152 valence electrons. The van der Waals surface area contributed by atoms with E-state index < -0.39 is 10.0 Å². The fraction of sp³-hybridized carbons (Fsp3) is 0.611. The van der Waals surface area contributed by atoms with Crippen molar-refractivity contribution in [1.82, 2.24) is 5.32 Å². The van der Waals surface area contributed by atoms with Crippen LogP contribution in [0.4, 0.5) is 5.69 Å². The highest BCUT2D eigenvalue weighted by Gasteiger charge is 2.21. The Kier molecular flexibility index (Phi) is 8.66. The number of amides is 1. The lowest BCUT2D eigenvalue weighted by atomic mass is 9.98. The molecule has 1 aromatic carbocycles. The van der Waals surface area contributed by atoms with E-state index in [9.17, 15) is 13.2 Å². The second-order valence-corrected chi connectivity index (χ2v) is 9.42. The minimum atomic E-state index is -3.65. The minimum absolute atomic E-state index is 0.225.